The van der Waals surface area contributed by atoms with Crippen molar-refractivity contribution >= 4 is 11.8 Å². The van der Waals surface area contributed by atoms with Crippen LogP contribution in [0.1, 0.15) is 78.1 Å². The summed E-state index contributed by atoms with van der Waals surface area (Å²) in [6.07, 6.45) is 14.0. The zero-order valence-electron chi connectivity index (χ0n) is 12.5. The van der Waals surface area contributed by atoms with Crippen LogP contribution in [-0.4, -0.2) is 23.6 Å². The molecule has 2 heteroatoms. The molecule has 0 aromatic carbocycles. The Bertz CT molecular complexity index is 168. The van der Waals surface area contributed by atoms with Crippen LogP contribution in [0, 0.1) is 0 Å². The van der Waals surface area contributed by atoms with Crippen LogP contribution in [0.5, 0.6) is 0 Å². The van der Waals surface area contributed by atoms with Gasteiger partial charge in [-0.1, -0.05) is 52.4 Å². The quantitative estimate of drug-likeness (QED) is 0.561. The Morgan fingerprint density at radius 1 is 1.06 bits per heavy atom. The van der Waals surface area contributed by atoms with E-state index in [1.807, 2.05) is 0 Å². The molecular weight excluding hydrogens is 238 g/mol. The van der Waals surface area contributed by atoms with Crippen molar-refractivity contribution in [2.45, 2.75) is 90.1 Å². The molecule has 1 atom stereocenters. The van der Waals surface area contributed by atoms with Crippen molar-refractivity contribution < 1.29 is 0 Å². The highest BCUT2D eigenvalue weighted by atomic mass is 32.2. The van der Waals surface area contributed by atoms with Gasteiger partial charge in [-0.3, -0.25) is 0 Å². The van der Waals surface area contributed by atoms with E-state index in [0.29, 0.717) is 0 Å². The fourth-order valence-corrected chi connectivity index (χ4v) is 3.88. The highest BCUT2D eigenvalue weighted by Gasteiger charge is 2.17. The monoisotopic (exact) mass is 271 g/mol. The smallest absolute Gasteiger partial charge is 0.0161 e. The topological polar surface area (TPSA) is 12.0 Å². The molecule has 0 bridgehead atoms. The van der Waals surface area contributed by atoms with Gasteiger partial charge in [0.05, 0.1) is 0 Å². The van der Waals surface area contributed by atoms with Gasteiger partial charge in [-0.15, -0.1) is 0 Å². The number of hydrogen-bond acceptors (Lipinski definition) is 2. The minimum Gasteiger partial charge on any atom is -0.310 e. The standard InChI is InChI=1S/C16H33NS/c1-3-5-7-10-15(11-8-6-4-2)17-16-12-9-13-18-14-16/h15-17H,3-14H2,1-2H3. The average Bonchev–Trinajstić information content (AvgIpc) is 2.40. The third-order valence-electron chi connectivity index (χ3n) is 3.94. The Hall–Kier alpha value is 0.310. The van der Waals surface area contributed by atoms with Crippen LogP contribution in [0.25, 0.3) is 0 Å². The first kappa shape index (κ1) is 16.4. The van der Waals surface area contributed by atoms with Gasteiger partial charge in [0.25, 0.3) is 0 Å². The first-order valence-electron chi connectivity index (χ1n) is 8.20. The molecule has 1 heterocycles. The van der Waals surface area contributed by atoms with Crippen molar-refractivity contribution in [2.75, 3.05) is 11.5 Å². The van der Waals surface area contributed by atoms with Gasteiger partial charge in [0.2, 0.25) is 0 Å². The molecular formula is C16H33NS. The maximum absolute atomic E-state index is 3.95. The number of thioether (sulfide) groups is 1. The lowest BCUT2D eigenvalue weighted by atomic mass is 10.0. The molecule has 1 aliphatic heterocycles. The van der Waals surface area contributed by atoms with Crippen LogP contribution in [0.15, 0.2) is 0 Å². The molecule has 0 saturated carbocycles. The van der Waals surface area contributed by atoms with Crippen molar-refractivity contribution in [3.05, 3.63) is 0 Å². The molecule has 0 aromatic rings. The fraction of sp³-hybridized carbons (Fsp3) is 1.00. The van der Waals surface area contributed by atoms with E-state index >= 15 is 0 Å². The largest absolute Gasteiger partial charge is 0.310 e. The Kier molecular flexibility index (Phi) is 10.1. The van der Waals surface area contributed by atoms with Gasteiger partial charge in [-0.2, -0.15) is 11.8 Å². The predicted octanol–water partition coefficient (Wildman–Crippen LogP) is 5.00. The van der Waals surface area contributed by atoms with Crippen molar-refractivity contribution in [1.29, 1.82) is 0 Å². The molecule has 0 aliphatic carbocycles. The van der Waals surface area contributed by atoms with E-state index in [2.05, 4.69) is 30.9 Å². The van der Waals surface area contributed by atoms with Crippen LogP contribution in [0.3, 0.4) is 0 Å². The molecule has 1 saturated heterocycles. The Balaban J connectivity index is 2.22. The zero-order valence-corrected chi connectivity index (χ0v) is 13.4. The maximum Gasteiger partial charge on any atom is 0.0161 e. The molecule has 1 fully saturated rings. The summed E-state index contributed by atoms with van der Waals surface area (Å²) < 4.78 is 0. The van der Waals surface area contributed by atoms with Crippen LogP contribution in [0.4, 0.5) is 0 Å². The van der Waals surface area contributed by atoms with E-state index < -0.39 is 0 Å². The molecule has 1 rings (SSSR count). The predicted molar refractivity (Wildman–Crippen MR) is 85.6 cm³/mol. The first-order chi connectivity index (χ1) is 8.86. The fourth-order valence-electron chi connectivity index (χ4n) is 2.80. The number of unbranched alkanes of at least 4 members (excludes halogenated alkanes) is 4. The van der Waals surface area contributed by atoms with E-state index in [9.17, 15) is 0 Å². The molecule has 0 aromatic heterocycles. The highest BCUT2D eigenvalue weighted by Crippen LogP contribution is 2.19. The summed E-state index contributed by atoms with van der Waals surface area (Å²) in [5.74, 6) is 2.73. The third-order valence-corrected chi connectivity index (χ3v) is 5.16. The molecule has 18 heavy (non-hydrogen) atoms. The molecule has 0 radical (unpaired) electrons. The van der Waals surface area contributed by atoms with Gasteiger partial charge >= 0.3 is 0 Å². The second-order valence-corrected chi connectivity index (χ2v) is 6.92. The normalized spacial score (nSPS) is 20.5. The van der Waals surface area contributed by atoms with E-state index in [0.717, 1.165) is 12.1 Å². The van der Waals surface area contributed by atoms with Crippen LogP contribution in [-0.2, 0) is 0 Å². The third kappa shape index (κ3) is 7.68. The van der Waals surface area contributed by atoms with Gasteiger partial charge < -0.3 is 5.32 Å². The summed E-state index contributed by atoms with van der Waals surface area (Å²) in [5, 5.41) is 3.95. The van der Waals surface area contributed by atoms with Gasteiger partial charge in [0.1, 0.15) is 0 Å². The number of hydrogen-bond donors (Lipinski definition) is 1. The summed E-state index contributed by atoms with van der Waals surface area (Å²) in [7, 11) is 0. The van der Waals surface area contributed by atoms with Crippen LogP contribution in [0.2, 0.25) is 0 Å². The van der Waals surface area contributed by atoms with E-state index in [1.54, 1.807) is 0 Å². The highest BCUT2D eigenvalue weighted by molar-refractivity contribution is 7.99. The summed E-state index contributed by atoms with van der Waals surface area (Å²) in [6, 6.07) is 1.60. The molecule has 0 spiro atoms. The second-order valence-electron chi connectivity index (χ2n) is 5.77. The van der Waals surface area contributed by atoms with Crippen molar-refractivity contribution in [2.24, 2.45) is 0 Å². The minimum absolute atomic E-state index is 0.798. The van der Waals surface area contributed by atoms with E-state index in [-0.39, 0.29) is 0 Å². The molecule has 1 aliphatic rings. The maximum atomic E-state index is 3.95. The lowest BCUT2D eigenvalue weighted by Gasteiger charge is -2.28. The molecule has 1 N–H and O–H groups in total. The number of nitrogens with one attached hydrogen (secondary N) is 1. The summed E-state index contributed by atoms with van der Waals surface area (Å²) >= 11 is 2.14. The molecule has 108 valence electrons. The van der Waals surface area contributed by atoms with Crippen molar-refractivity contribution in [1.82, 2.24) is 5.32 Å². The Labute approximate surface area is 119 Å². The summed E-state index contributed by atoms with van der Waals surface area (Å²) in [4.78, 5) is 0. The Morgan fingerprint density at radius 2 is 1.72 bits per heavy atom. The first-order valence-corrected chi connectivity index (χ1v) is 9.36. The zero-order chi connectivity index (χ0) is 13.1. The Morgan fingerprint density at radius 3 is 2.22 bits per heavy atom. The summed E-state index contributed by atoms with van der Waals surface area (Å²) in [5.41, 5.74) is 0. The molecule has 1 nitrogen and oxygen atoms in total. The van der Waals surface area contributed by atoms with Crippen molar-refractivity contribution in [3.63, 3.8) is 0 Å². The summed E-state index contributed by atoms with van der Waals surface area (Å²) in [6.45, 7) is 4.61. The van der Waals surface area contributed by atoms with Gasteiger partial charge in [0, 0.05) is 17.8 Å². The van der Waals surface area contributed by atoms with Gasteiger partial charge in [0.15, 0.2) is 0 Å². The lowest BCUT2D eigenvalue weighted by molar-refractivity contribution is 0.369. The van der Waals surface area contributed by atoms with Crippen LogP contribution >= 0.6 is 11.8 Å². The van der Waals surface area contributed by atoms with E-state index in [4.69, 9.17) is 0 Å². The van der Waals surface area contributed by atoms with E-state index in [1.165, 1.54) is 75.7 Å². The van der Waals surface area contributed by atoms with Gasteiger partial charge in [-0.05, 0) is 31.4 Å². The second kappa shape index (κ2) is 11.2. The molecule has 0 amide bonds. The SMILES string of the molecule is CCCCCC(CCCCC)NC1CCCSC1. The van der Waals surface area contributed by atoms with Gasteiger partial charge in [-0.25, -0.2) is 0 Å². The molecule has 1 unspecified atom stereocenters. The average molecular weight is 272 g/mol. The number of rotatable bonds is 10. The lowest BCUT2D eigenvalue weighted by Crippen LogP contribution is -2.41. The minimum atomic E-state index is 0.798. The van der Waals surface area contributed by atoms with Crippen LogP contribution < -0.4 is 5.32 Å². The van der Waals surface area contributed by atoms with Crippen molar-refractivity contribution in [3.8, 4) is 0 Å².